The molecule has 1 fully saturated rings. The Kier molecular flexibility index (Phi) is 6.84. The molecule has 2 amide bonds. The average Bonchev–Trinajstić information content (AvgIpc) is 2.93. The van der Waals surface area contributed by atoms with Gasteiger partial charge in [-0.05, 0) is 24.6 Å². The normalized spacial score (nSPS) is 18.0. The van der Waals surface area contributed by atoms with E-state index in [1.807, 2.05) is 31.2 Å². The second-order valence-electron chi connectivity index (χ2n) is 7.99. The van der Waals surface area contributed by atoms with Crippen molar-refractivity contribution >= 4 is 17.5 Å². The smallest absolute Gasteiger partial charge is 0.240 e. The van der Waals surface area contributed by atoms with Crippen LogP contribution in [0.1, 0.15) is 23.6 Å². The number of anilines is 1. The molecular weight excluding hydrogens is 394 g/mol. The Morgan fingerprint density at radius 1 is 1.06 bits per heavy atom. The maximum Gasteiger partial charge on any atom is 0.240 e. The zero-order valence-corrected chi connectivity index (χ0v) is 17.9. The number of hydrogen-bond donors (Lipinski definition) is 1. The fourth-order valence-electron chi connectivity index (χ4n) is 3.95. The molecule has 2 aromatic rings. The highest BCUT2D eigenvalue weighted by atomic mass is 16.5. The quantitative estimate of drug-likeness (QED) is 0.772. The number of fused-ring (bicyclic) bond motifs is 1. The third-order valence-corrected chi connectivity index (χ3v) is 5.69. The lowest BCUT2D eigenvalue weighted by Crippen LogP contribution is -2.46. The number of nitrogens with one attached hydrogen (secondary N) is 1. The third-order valence-electron chi connectivity index (χ3n) is 5.69. The van der Waals surface area contributed by atoms with Crippen molar-refractivity contribution < 1.29 is 19.1 Å². The number of nitrogens with zero attached hydrogens (tertiary/aromatic N) is 2. The van der Waals surface area contributed by atoms with Gasteiger partial charge in [-0.25, -0.2) is 0 Å². The second kappa shape index (κ2) is 9.94. The van der Waals surface area contributed by atoms with Gasteiger partial charge in [0.25, 0.3) is 0 Å². The van der Waals surface area contributed by atoms with Gasteiger partial charge in [0.2, 0.25) is 11.8 Å². The molecular formula is C24H29N3O4. The number of carbonyl (C=O) groups excluding carboxylic acids is 2. The first kappa shape index (κ1) is 21.3. The van der Waals surface area contributed by atoms with Crippen molar-refractivity contribution in [2.75, 3.05) is 50.9 Å². The van der Waals surface area contributed by atoms with E-state index in [0.29, 0.717) is 37.8 Å². The van der Waals surface area contributed by atoms with Gasteiger partial charge in [-0.1, -0.05) is 42.0 Å². The molecule has 0 unspecified atom stereocenters. The first-order chi connectivity index (χ1) is 15.1. The highest BCUT2D eigenvalue weighted by molar-refractivity contribution is 6.00. The molecule has 2 aromatic carbocycles. The molecule has 1 saturated heterocycles. The van der Waals surface area contributed by atoms with E-state index in [9.17, 15) is 9.59 Å². The molecule has 1 atom stereocenters. The van der Waals surface area contributed by atoms with Gasteiger partial charge in [-0.15, -0.1) is 0 Å². The van der Waals surface area contributed by atoms with Crippen LogP contribution in [0.5, 0.6) is 5.75 Å². The van der Waals surface area contributed by atoms with Crippen LogP contribution >= 0.6 is 0 Å². The first-order valence-electron chi connectivity index (χ1n) is 10.8. The first-order valence-corrected chi connectivity index (χ1v) is 10.8. The van der Waals surface area contributed by atoms with Crippen molar-refractivity contribution in [1.29, 1.82) is 0 Å². The maximum atomic E-state index is 13.1. The molecule has 164 valence electrons. The summed E-state index contributed by atoms with van der Waals surface area (Å²) in [5.74, 6) is 0.327. The Balaban J connectivity index is 1.50. The average molecular weight is 424 g/mol. The molecule has 0 aromatic heterocycles. The molecule has 1 N–H and O–H groups in total. The number of carbonyl (C=O) groups is 2. The van der Waals surface area contributed by atoms with Gasteiger partial charge in [-0.3, -0.25) is 19.4 Å². The van der Waals surface area contributed by atoms with E-state index in [1.165, 1.54) is 10.5 Å². The van der Waals surface area contributed by atoms with Crippen molar-refractivity contribution in [3.8, 4) is 5.75 Å². The molecule has 0 spiro atoms. The molecule has 7 nitrogen and oxygen atoms in total. The minimum Gasteiger partial charge on any atom is -0.491 e. The Bertz CT molecular complexity index is 909. The molecule has 4 rings (SSSR count). The topological polar surface area (TPSA) is 71.1 Å². The highest BCUT2D eigenvalue weighted by Gasteiger charge is 2.27. The summed E-state index contributed by atoms with van der Waals surface area (Å²) < 4.78 is 11.1. The largest absolute Gasteiger partial charge is 0.491 e. The van der Waals surface area contributed by atoms with Gasteiger partial charge in [-0.2, -0.15) is 0 Å². The van der Waals surface area contributed by atoms with E-state index in [2.05, 4.69) is 34.5 Å². The van der Waals surface area contributed by atoms with Gasteiger partial charge in [0.1, 0.15) is 12.3 Å². The van der Waals surface area contributed by atoms with Crippen molar-refractivity contribution in [3.63, 3.8) is 0 Å². The number of rotatable bonds is 6. The lowest BCUT2D eigenvalue weighted by atomic mass is 10.0. The fourth-order valence-corrected chi connectivity index (χ4v) is 3.95. The van der Waals surface area contributed by atoms with E-state index in [4.69, 9.17) is 9.47 Å². The van der Waals surface area contributed by atoms with Gasteiger partial charge in [0.05, 0.1) is 38.0 Å². The third kappa shape index (κ3) is 5.42. The van der Waals surface area contributed by atoms with E-state index in [1.54, 1.807) is 0 Å². The van der Waals surface area contributed by atoms with Crippen LogP contribution < -0.4 is 15.0 Å². The summed E-state index contributed by atoms with van der Waals surface area (Å²) in [6.45, 7) is 6.11. The summed E-state index contributed by atoms with van der Waals surface area (Å²) in [7, 11) is 0. The Hall–Kier alpha value is -2.90. The zero-order chi connectivity index (χ0) is 21.6. The fraction of sp³-hybridized carbons (Fsp3) is 0.417. The minimum absolute atomic E-state index is 0.0370. The number of ether oxygens (including phenoxy) is 2. The SMILES string of the molecule is Cc1ccc([C@@H](CN2CCOCC2)NC(=O)CN2C(=O)CCOc3ccccc32)cc1. The molecule has 31 heavy (non-hydrogen) atoms. The Labute approximate surface area is 182 Å². The lowest BCUT2D eigenvalue weighted by molar-refractivity contribution is -0.124. The van der Waals surface area contributed by atoms with Crippen LogP contribution in [0.2, 0.25) is 0 Å². The van der Waals surface area contributed by atoms with E-state index in [-0.39, 0.29) is 30.8 Å². The summed E-state index contributed by atoms with van der Waals surface area (Å²) in [5.41, 5.74) is 2.86. The van der Waals surface area contributed by atoms with Crippen LogP contribution in [0.4, 0.5) is 5.69 Å². The summed E-state index contributed by atoms with van der Waals surface area (Å²) >= 11 is 0. The number of aryl methyl sites for hydroxylation is 1. The highest BCUT2D eigenvalue weighted by Crippen LogP contribution is 2.30. The standard InChI is InChI=1S/C24H29N3O4/c1-18-6-8-19(9-7-18)20(16-26-11-14-30-15-12-26)25-23(28)17-27-21-4-2-3-5-22(21)31-13-10-24(27)29/h2-9,20H,10-17H2,1H3,(H,25,28)/t20-/m1/s1. The number of amides is 2. The molecule has 0 bridgehead atoms. The van der Waals surface area contributed by atoms with Crippen molar-refractivity contribution in [2.45, 2.75) is 19.4 Å². The minimum atomic E-state index is -0.191. The molecule has 2 aliphatic heterocycles. The predicted molar refractivity (Wildman–Crippen MR) is 118 cm³/mol. The lowest BCUT2D eigenvalue weighted by Gasteiger charge is -2.31. The molecule has 0 saturated carbocycles. The van der Waals surface area contributed by atoms with Crippen molar-refractivity contribution in [2.24, 2.45) is 0 Å². The van der Waals surface area contributed by atoms with Crippen molar-refractivity contribution in [3.05, 3.63) is 59.7 Å². The van der Waals surface area contributed by atoms with Gasteiger partial charge >= 0.3 is 0 Å². The summed E-state index contributed by atoms with van der Waals surface area (Å²) in [6, 6.07) is 15.4. The van der Waals surface area contributed by atoms with Crippen LogP contribution in [0.25, 0.3) is 0 Å². The van der Waals surface area contributed by atoms with Crippen LogP contribution in [-0.4, -0.2) is 62.7 Å². The number of hydrogen-bond acceptors (Lipinski definition) is 5. The predicted octanol–water partition coefficient (Wildman–Crippen LogP) is 2.30. The van der Waals surface area contributed by atoms with Crippen LogP contribution in [0.15, 0.2) is 48.5 Å². The van der Waals surface area contributed by atoms with E-state index in [0.717, 1.165) is 18.7 Å². The van der Waals surface area contributed by atoms with Crippen LogP contribution in [-0.2, 0) is 14.3 Å². The number of para-hydroxylation sites is 2. The molecule has 0 aliphatic carbocycles. The van der Waals surface area contributed by atoms with E-state index >= 15 is 0 Å². The summed E-state index contributed by atoms with van der Waals surface area (Å²) in [6.07, 6.45) is 0.247. The zero-order valence-electron chi connectivity index (χ0n) is 17.9. The Morgan fingerprint density at radius 3 is 2.58 bits per heavy atom. The van der Waals surface area contributed by atoms with E-state index < -0.39 is 0 Å². The Morgan fingerprint density at radius 2 is 1.81 bits per heavy atom. The number of benzene rings is 2. The second-order valence-corrected chi connectivity index (χ2v) is 7.99. The summed E-state index contributed by atoms with van der Waals surface area (Å²) in [4.78, 5) is 29.6. The molecule has 7 heteroatoms. The van der Waals surface area contributed by atoms with Gasteiger partial charge in [0, 0.05) is 19.6 Å². The van der Waals surface area contributed by atoms with Gasteiger partial charge in [0.15, 0.2) is 0 Å². The molecule has 2 aliphatic rings. The monoisotopic (exact) mass is 423 g/mol. The van der Waals surface area contributed by atoms with Crippen LogP contribution in [0.3, 0.4) is 0 Å². The summed E-state index contributed by atoms with van der Waals surface area (Å²) in [5, 5.41) is 3.16. The van der Waals surface area contributed by atoms with Gasteiger partial charge < -0.3 is 14.8 Å². The molecule has 2 heterocycles. The van der Waals surface area contributed by atoms with Crippen molar-refractivity contribution in [1.82, 2.24) is 10.2 Å². The maximum absolute atomic E-state index is 13.1. The molecule has 0 radical (unpaired) electrons. The number of morpholine rings is 1. The van der Waals surface area contributed by atoms with Crippen LogP contribution in [0, 0.1) is 6.92 Å².